The van der Waals surface area contributed by atoms with Crippen LogP contribution in [0.3, 0.4) is 0 Å². The van der Waals surface area contributed by atoms with E-state index < -0.39 is 0 Å². The lowest BCUT2D eigenvalue weighted by Crippen LogP contribution is -2.43. The number of aromatic nitrogens is 2. The van der Waals surface area contributed by atoms with Gasteiger partial charge in [-0.2, -0.15) is 0 Å². The zero-order valence-corrected chi connectivity index (χ0v) is 16.8. The number of amides is 1. The Balaban J connectivity index is 1.32. The summed E-state index contributed by atoms with van der Waals surface area (Å²) in [6.45, 7) is 3.36. The van der Waals surface area contributed by atoms with Crippen molar-refractivity contribution in [2.75, 3.05) is 32.2 Å². The lowest BCUT2D eigenvalue weighted by molar-refractivity contribution is -0.151. The van der Waals surface area contributed by atoms with E-state index in [9.17, 15) is 9.59 Å². The molecular weight excluding hydrogens is 398 g/mol. The summed E-state index contributed by atoms with van der Waals surface area (Å²) in [5.74, 6) is 1.27. The first kappa shape index (κ1) is 19.6. The van der Waals surface area contributed by atoms with Crippen molar-refractivity contribution in [1.82, 2.24) is 15.1 Å². The molecule has 0 aliphatic carbocycles. The Labute approximate surface area is 171 Å². The van der Waals surface area contributed by atoms with Crippen LogP contribution >= 0.6 is 11.8 Å². The van der Waals surface area contributed by atoms with Gasteiger partial charge in [0, 0.05) is 18.7 Å². The fourth-order valence-corrected chi connectivity index (χ4v) is 3.95. The topological polar surface area (TPSA) is 104 Å². The molecule has 0 N–H and O–H groups in total. The van der Waals surface area contributed by atoms with Crippen LogP contribution in [-0.4, -0.2) is 59.2 Å². The Morgan fingerprint density at radius 1 is 1.28 bits per heavy atom. The molecule has 1 aromatic carbocycles. The normalized spacial score (nSPS) is 18.0. The fraction of sp³-hybridized carbons (Fsp3) is 0.474. The zero-order chi connectivity index (χ0) is 20.2. The summed E-state index contributed by atoms with van der Waals surface area (Å²) in [6.07, 6.45) is 1.53. The van der Waals surface area contributed by atoms with E-state index >= 15 is 0 Å². The number of esters is 1. The van der Waals surface area contributed by atoms with Gasteiger partial charge in [-0.3, -0.25) is 9.59 Å². The third kappa shape index (κ3) is 4.47. The van der Waals surface area contributed by atoms with Crippen molar-refractivity contribution >= 4 is 23.6 Å². The minimum Gasteiger partial charge on any atom is -0.466 e. The number of carbonyl (C=O) groups excluding carboxylic acids is 2. The Morgan fingerprint density at radius 3 is 3.00 bits per heavy atom. The second-order valence-electron chi connectivity index (χ2n) is 6.66. The molecule has 2 aromatic rings. The quantitative estimate of drug-likeness (QED) is 0.515. The number of likely N-dealkylation sites (tertiary alicyclic amines) is 1. The molecular formula is C19H21N3O6S. The van der Waals surface area contributed by atoms with Crippen LogP contribution in [0.15, 0.2) is 27.8 Å². The van der Waals surface area contributed by atoms with Gasteiger partial charge in [0.15, 0.2) is 11.5 Å². The number of fused-ring (bicyclic) bond motifs is 1. The molecule has 2 aliphatic heterocycles. The van der Waals surface area contributed by atoms with E-state index in [1.807, 2.05) is 6.07 Å². The predicted molar refractivity (Wildman–Crippen MR) is 103 cm³/mol. The van der Waals surface area contributed by atoms with E-state index in [2.05, 4.69) is 10.2 Å². The van der Waals surface area contributed by atoms with E-state index in [0.717, 1.165) is 12.8 Å². The van der Waals surface area contributed by atoms with Gasteiger partial charge >= 0.3 is 5.97 Å². The summed E-state index contributed by atoms with van der Waals surface area (Å²) >= 11 is 1.18. The number of hydrogen-bond donors (Lipinski definition) is 0. The maximum atomic E-state index is 12.5. The lowest BCUT2D eigenvalue weighted by Gasteiger charge is -2.31. The molecule has 1 aromatic heterocycles. The van der Waals surface area contributed by atoms with Gasteiger partial charge in [0.05, 0.1) is 18.3 Å². The van der Waals surface area contributed by atoms with Crippen molar-refractivity contribution in [3.05, 3.63) is 18.2 Å². The number of ether oxygens (including phenoxy) is 3. The minimum atomic E-state index is -0.251. The van der Waals surface area contributed by atoms with Gasteiger partial charge in [-0.1, -0.05) is 11.8 Å². The Morgan fingerprint density at radius 2 is 2.14 bits per heavy atom. The van der Waals surface area contributed by atoms with Crippen molar-refractivity contribution in [3.8, 4) is 23.0 Å². The van der Waals surface area contributed by atoms with E-state index in [0.29, 0.717) is 47.9 Å². The number of piperidine rings is 1. The Hall–Kier alpha value is -2.75. The molecule has 9 nitrogen and oxygen atoms in total. The van der Waals surface area contributed by atoms with Crippen LogP contribution in [0, 0.1) is 5.92 Å². The van der Waals surface area contributed by atoms with Crippen molar-refractivity contribution < 1.29 is 28.2 Å². The highest BCUT2D eigenvalue weighted by Gasteiger charge is 2.29. The molecule has 10 heteroatoms. The Bertz CT molecular complexity index is 902. The molecule has 4 rings (SSSR count). The van der Waals surface area contributed by atoms with Crippen LogP contribution < -0.4 is 9.47 Å². The van der Waals surface area contributed by atoms with Crippen LogP contribution in [0.25, 0.3) is 11.5 Å². The molecule has 0 unspecified atom stereocenters. The maximum absolute atomic E-state index is 12.5. The molecule has 29 heavy (non-hydrogen) atoms. The lowest BCUT2D eigenvalue weighted by atomic mass is 9.98. The molecule has 0 saturated carbocycles. The van der Waals surface area contributed by atoms with E-state index in [4.69, 9.17) is 18.6 Å². The van der Waals surface area contributed by atoms with Crippen molar-refractivity contribution in [3.63, 3.8) is 0 Å². The molecule has 3 heterocycles. The van der Waals surface area contributed by atoms with Gasteiger partial charge in [0.25, 0.3) is 5.22 Å². The molecule has 1 amide bonds. The van der Waals surface area contributed by atoms with Gasteiger partial charge < -0.3 is 23.5 Å². The first-order valence-electron chi connectivity index (χ1n) is 9.44. The summed E-state index contributed by atoms with van der Waals surface area (Å²) in [5, 5.41) is 8.35. The average molecular weight is 419 g/mol. The summed E-state index contributed by atoms with van der Waals surface area (Å²) in [5.41, 5.74) is 0.716. The molecule has 1 fully saturated rings. The number of carbonyl (C=O) groups is 2. The third-order valence-electron chi connectivity index (χ3n) is 4.74. The number of hydrogen-bond acceptors (Lipinski definition) is 9. The van der Waals surface area contributed by atoms with Crippen LogP contribution in [0.4, 0.5) is 0 Å². The molecule has 0 bridgehead atoms. The number of benzene rings is 1. The molecule has 2 aliphatic rings. The van der Waals surface area contributed by atoms with Crippen LogP contribution in [0.5, 0.6) is 11.5 Å². The van der Waals surface area contributed by atoms with Gasteiger partial charge in [-0.05, 0) is 38.0 Å². The van der Waals surface area contributed by atoms with E-state index in [1.165, 1.54) is 11.8 Å². The number of rotatable bonds is 6. The van der Waals surface area contributed by atoms with Gasteiger partial charge in [-0.15, -0.1) is 10.2 Å². The first-order valence-corrected chi connectivity index (χ1v) is 10.4. The van der Waals surface area contributed by atoms with Crippen molar-refractivity contribution in [2.45, 2.75) is 25.0 Å². The fourth-order valence-electron chi connectivity index (χ4n) is 3.29. The van der Waals surface area contributed by atoms with Crippen molar-refractivity contribution in [1.29, 1.82) is 0 Å². The molecule has 0 radical (unpaired) electrons. The minimum absolute atomic E-state index is 0.0631. The average Bonchev–Trinajstić information content (AvgIpc) is 3.41. The maximum Gasteiger partial charge on any atom is 0.310 e. The Kier molecular flexibility index (Phi) is 5.89. The number of nitrogens with zero attached hydrogens (tertiary/aromatic N) is 3. The van der Waals surface area contributed by atoms with E-state index in [1.54, 1.807) is 24.0 Å². The highest BCUT2D eigenvalue weighted by atomic mass is 32.2. The summed E-state index contributed by atoms with van der Waals surface area (Å²) in [4.78, 5) is 26.2. The van der Waals surface area contributed by atoms with E-state index in [-0.39, 0.29) is 30.3 Å². The zero-order valence-electron chi connectivity index (χ0n) is 16.0. The third-order valence-corrected chi connectivity index (χ3v) is 5.54. The van der Waals surface area contributed by atoms with Gasteiger partial charge in [0.2, 0.25) is 18.6 Å². The van der Waals surface area contributed by atoms with Crippen LogP contribution in [0.1, 0.15) is 19.8 Å². The van der Waals surface area contributed by atoms with Crippen molar-refractivity contribution in [2.24, 2.45) is 5.92 Å². The standard InChI is InChI=1S/C19H21N3O6S/c1-2-25-18(24)13-4-3-7-22(9-13)16(23)10-29-19-21-20-17(28-19)12-5-6-14-15(8-12)27-11-26-14/h5-6,8,13H,2-4,7,9-11H2,1H3/t13-/m0/s1. The summed E-state index contributed by atoms with van der Waals surface area (Å²) in [6, 6.07) is 5.37. The SMILES string of the molecule is CCOC(=O)[C@H]1CCCN(C(=O)CSc2nnc(-c3ccc4c(c3)OCO4)o2)C1. The van der Waals surface area contributed by atoms with Gasteiger partial charge in [0.1, 0.15) is 0 Å². The highest BCUT2D eigenvalue weighted by molar-refractivity contribution is 7.99. The van der Waals surface area contributed by atoms with Crippen LogP contribution in [0.2, 0.25) is 0 Å². The molecule has 154 valence electrons. The van der Waals surface area contributed by atoms with Crippen LogP contribution in [-0.2, 0) is 14.3 Å². The predicted octanol–water partition coefficient (Wildman–Crippen LogP) is 2.36. The second-order valence-corrected chi connectivity index (χ2v) is 7.59. The largest absolute Gasteiger partial charge is 0.466 e. The second kappa shape index (κ2) is 8.73. The highest BCUT2D eigenvalue weighted by Crippen LogP contribution is 2.36. The smallest absolute Gasteiger partial charge is 0.310 e. The molecule has 0 spiro atoms. The monoisotopic (exact) mass is 419 g/mol. The summed E-state index contributed by atoms with van der Waals surface area (Å²) in [7, 11) is 0. The molecule has 1 atom stereocenters. The molecule has 1 saturated heterocycles. The van der Waals surface area contributed by atoms with Gasteiger partial charge in [-0.25, -0.2) is 0 Å². The summed E-state index contributed by atoms with van der Waals surface area (Å²) < 4.78 is 21.4. The first-order chi connectivity index (χ1) is 14.1. The number of thioether (sulfide) groups is 1.